The lowest BCUT2D eigenvalue weighted by atomic mass is 10.4. The molecular formula is C14H11N7O3S2. The molecule has 4 heterocycles. The summed E-state index contributed by atoms with van der Waals surface area (Å²) in [5.41, 5.74) is 0.0746. The summed E-state index contributed by atoms with van der Waals surface area (Å²) < 4.78 is 6.74. The van der Waals surface area contributed by atoms with Crippen molar-refractivity contribution in [1.82, 2.24) is 29.8 Å². The number of fused-ring (bicyclic) bond motifs is 1. The van der Waals surface area contributed by atoms with Crippen molar-refractivity contribution in [1.29, 1.82) is 0 Å². The van der Waals surface area contributed by atoms with Crippen LogP contribution in [0.15, 0.2) is 38.8 Å². The van der Waals surface area contributed by atoms with Crippen molar-refractivity contribution in [2.24, 2.45) is 0 Å². The van der Waals surface area contributed by atoms with Gasteiger partial charge in [-0.1, -0.05) is 23.1 Å². The van der Waals surface area contributed by atoms with Crippen molar-refractivity contribution < 1.29 is 9.21 Å². The Morgan fingerprint density at radius 1 is 1.42 bits per heavy atom. The van der Waals surface area contributed by atoms with E-state index in [1.807, 2.05) is 0 Å². The number of furan rings is 1. The summed E-state index contributed by atoms with van der Waals surface area (Å²) in [7, 11) is 0. The maximum absolute atomic E-state index is 12.1. The zero-order valence-corrected chi connectivity index (χ0v) is 14.9. The molecule has 0 bridgehead atoms. The van der Waals surface area contributed by atoms with E-state index in [2.05, 4.69) is 30.6 Å². The van der Waals surface area contributed by atoms with Crippen LogP contribution in [0.5, 0.6) is 0 Å². The van der Waals surface area contributed by atoms with Gasteiger partial charge in [0.15, 0.2) is 22.4 Å². The van der Waals surface area contributed by atoms with Gasteiger partial charge in [-0.2, -0.15) is 4.98 Å². The molecule has 0 saturated carbocycles. The molecule has 0 radical (unpaired) electrons. The summed E-state index contributed by atoms with van der Waals surface area (Å²) in [4.78, 5) is 32.4. The number of aromatic nitrogens is 6. The first-order valence-electron chi connectivity index (χ1n) is 7.35. The second kappa shape index (κ2) is 6.72. The van der Waals surface area contributed by atoms with E-state index in [-0.39, 0.29) is 17.2 Å². The third kappa shape index (κ3) is 3.36. The van der Waals surface area contributed by atoms with E-state index in [0.29, 0.717) is 27.5 Å². The number of anilines is 1. The predicted octanol–water partition coefficient (Wildman–Crippen LogP) is 1.57. The van der Waals surface area contributed by atoms with Crippen LogP contribution in [-0.4, -0.2) is 41.4 Å². The molecule has 0 fully saturated rings. The fourth-order valence-corrected chi connectivity index (χ4v) is 3.49. The van der Waals surface area contributed by atoms with Crippen LogP contribution in [0, 0.1) is 6.92 Å². The lowest BCUT2D eigenvalue weighted by Gasteiger charge is -2.06. The van der Waals surface area contributed by atoms with Gasteiger partial charge in [0.2, 0.25) is 11.0 Å². The molecule has 0 saturated heterocycles. The molecule has 4 rings (SSSR count). The number of thioether (sulfide) groups is 1. The van der Waals surface area contributed by atoms with Gasteiger partial charge in [-0.15, -0.1) is 10.2 Å². The molecule has 0 spiro atoms. The van der Waals surface area contributed by atoms with Gasteiger partial charge in [0.1, 0.15) is 5.01 Å². The van der Waals surface area contributed by atoms with Crippen molar-refractivity contribution in [3.63, 3.8) is 0 Å². The second-order valence-electron chi connectivity index (χ2n) is 5.08. The lowest BCUT2D eigenvalue weighted by Crippen LogP contribution is -2.15. The molecule has 4 aromatic rings. The Hall–Kier alpha value is -2.99. The lowest BCUT2D eigenvalue weighted by molar-refractivity contribution is -0.113. The molecule has 10 nitrogen and oxygen atoms in total. The molecule has 0 aliphatic heterocycles. The van der Waals surface area contributed by atoms with E-state index in [1.165, 1.54) is 28.2 Å². The first kappa shape index (κ1) is 16.5. The third-order valence-corrected chi connectivity index (χ3v) is 4.86. The third-order valence-electron chi connectivity index (χ3n) is 3.17. The topological polar surface area (TPSA) is 131 Å². The van der Waals surface area contributed by atoms with Crippen molar-refractivity contribution in [2.45, 2.75) is 12.1 Å². The van der Waals surface area contributed by atoms with E-state index in [4.69, 9.17) is 4.42 Å². The normalized spacial score (nSPS) is 11.1. The van der Waals surface area contributed by atoms with Crippen molar-refractivity contribution in [3.8, 4) is 11.6 Å². The second-order valence-corrected chi connectivity index (χ2v) is 7.21. The molecule has 26 heavy (non-hydrogen) atoms. The van der Waals surface area contributed by atoms with E-state index in [0.717, 1.165) is 16.8 Å². The van der Waals surface area contributed by atoms with Gasteiger partial charge in [-0.3, -0.25) is 20.0 Å². The van der Waals surface area contributed by atoms with Gasteiger partial charge in [0.25, 0.3) is 5.56 Å². The highest BCUT2D eigenvalue weighted by atomic mass is 32.2. The van der Waals surface area contributed by atoms with Crippen LogP contribution in [0.3, 0.4) is 0 Å². The zero-order valence-electron chi connectivity index (χ0n) is 13.3. The maximum Gasteiger partial charge on any atom is 0.266 e. The monoisotopic (exact) mass is 389 g/mol. The Morgan fingerprint density at radius 3 is 3.04 bits per heavy atom. The van der Waals surface area contributed by atoms with Gasteiger partial charge in [-0.05, 0) is 19.1 Å². The largest absolute Gasteiger partial charge is 0.461 e. The van der Waals surface area contributed by atoms with Crippen LogP contribution in [0.25, 0.3) is 17.2 Å². The van der Waals surface area contributed by atoms with Crippen molar-refractivity contribution in [3.05, 3.63) is 39.8 Å². The van der Waals surface area contributed by atoms with Gasteiger partial charge in [0, 0.05) is 6.07 Å². The average Bonchev–Trinajstić information content (AvgIpc) is 3.33. The minimum absolute atomic E-state index is 0.0720. The van der Waals surface area contributed by atoms with E-state index < -0.39 is 0 Å². The SMILES string of the molecule is Cc1nnc(NC(=O)CSc2nc(-c3ccco3)nc3cc(=O)[nH]n23)s1. The molecule has 2 N–H and O–H groups in total. The number of aromatic amines is 1. The number of hydrogen-bond acceptors (Lipinski definition) is 9. The number of carbonyl (C=O) groups is 1. The minimum Gasteiger partial charge on any atom is -0.461 e. The van der Waals surface area contributed by atoms with E-state index >= 15 is 0 Å². The fourth-order valence-electron chi connectivity index (χ4n) is 2.13. The molecule has 0 unspecified atom stereocenters. The molecule has 0 aromatic carbocycles. The molecular weight excluding hydrogens is 378 g/mol. The van der Waals surface area contributed by atoms with Crippen LogP contribution in [0.4, 0.5) is 5.13 Å². The Morgan fingerprint density at radius 2 is 2.31 bits per heavy atom. The zero-order chi connectivity index (χ0) is 18.1. The number of H-pyrrole nitrogens is 1. The Labute approximate surface area is 153 Å². The number of nitrogens with one attached hydrogen (secondary N) is 2. The average molecular weight is 389 g/mol. The van der Waals surface area contributed by atoms with Crippen molar-refractivity contribution in [2.75, 3.05) is 11.1 Å². The van der Waals surface area contributed by atoms with Crippen LogP contribution >= 0.6 is 23.1 Å². The molecule has 12 heteroatoms. The van der Waals surface area contributed by atoms with E-state index in [1.54, 1.807) is 19.1 Å². The first-order valence-corrected chi connectivity index (χ1v) is 9.15. The molecule has 1 amide bonds. The molecule has 132 valence electrons. The van der Waals surface area contributed by atoms with Gasteiger partial charge < -0.3 is 4.42 Å². The van der Waals surface area contributed by atoms with Crippen LogP contribution in [0.1, 0.15) is 5.01 Å². The summed E-state index contributed by atoms with van der Waals surface area (Å²) >= 11 is 2.44. The summed E-state index contributed by atoms with van der Waals surface area (Å²) in [5, 5.41) is 14.6. The van der Waals surface area contributed by atoms with Crippen LogP contribution in [0.2, 0.25) is 0 Å². The summed E-state index contributed by atoms with van der Waals surface area (Å²) in [6.07, 6.45) is 1.51. The molecule has 0 aliphatic rings. The number of aryl methyl sites for hydroxylation is 1. The highest BCUT2D eigenvalue weighted by Crippen LogP contribution is 2.22. The highest BCUT2D eigenvalue weighted by molar-refractivity contribution is 7.99. The number of amides is 1. The fraction of sp³-hybridized carbons (Fsp3) is 0.143. The number of hydrogen-bond donors (Lipinski definition) is 2. The smallest absolute Gasteiger partial charge is 0.266 e. The number of rotatable bonds is 5. The maximum atomic E-state index is 12.1. The molecule has 0 aliphatic carbocycles. The Balaban J connectivity index is 1.58. The van der Waals surface area contributed by atoms with Crippen molar-refractivity contribution >= 4 is 39.8 Å². The van der Waals surface area contributed by atoms with E-state index in [9.17, 15) is 9.59 Å². The van der Waals surface area contributed by atoms with Crippen LogP contribution < -0.4 is 10.9 Å². The number of carbonyl (C=O) groups excluding carboxylic acids is 1. The Bertz CT molecular complexity index is 1130. The van der Waals surface area contributed by atoms with Crippen LogP contribution in [-0.2, 0) is 4.79 Å². The summed E-state index contributed by atoms with van der Waals surface area (Å²) in [5.74, 6) is 0.614. The first-order chi connectivity index (χ1) is 12.6. The predicted molar refractivity (Wildman–Crippen MR) is 95.3 cm³/mol. The highest BCUT2D eigenvalue weighted by Gasteiger charge is 2.15. The number of nitrogens with zero attached hydrogens (tertiary/aromatic N) is 5. The minimum atomic E-state index is -0.313. The van der Waals surface area contributed by atoms with Gasteiger partial charge in [0.05, 0.1) is 12.0 Å². The Kier molecular flexibility index (Phi) is 4.26. The molecule has 4 aromatic heterocycles. The standard InChI is InChI=1S/C14H11N7O3S2/c1-7-18-19-13(26-7)16-11(23)6-25-14-17-12(8-3-2-4-24-8)15-9-5-10(22)20-21(9)14/h2-5H,6H2,1H3,(H,20,22)(H,16,19,23). The van der Waals surface area contributed by atoms with Gasteiger partial charge in [-0.25, -0.2) is 9.50 Å². The quantitative estimate of drug-likeness (QED) is 0.492. The molecule has 0 atom stereocenters. The summed E-state index contributed by atoms with van der Waals surface area (Å²) in [6, 6.07) is 4.79. The van der Waals surface area contributed by atoms with Gasteiger partial charge >= 0.3 is 0 Å². The summed E-state index contributed by atoms with van der Waals surface area (Å²) in [6.45, 7) is 1.80.